The van der Waals surface area contributed by atoms with Crippen molar-refractivity contribution < 1.29 is 4.42 Å². The molecule has 5 nitrogen and oxygen atoms in total. The first-order valence-corrected chi connectivity index (χ1v) is 4.81. The van der Waals surface area contributed by atoms with Crippen molar-refractivity contribution in [3.63, 3.8) is 0 Å². The first kappa shape index (κ1) is 9.68. The van der Waals surface area contributed by atoms with Crippen molar-refractivity contribution in [2.45, 2.75) is 0 Å². The summed E-state index contributed by atoms with van der Waals surface area (Å²) in [5.74, 6) is 0.550. The summed E-state index contributed by atoms with van der Waals surface area (Å²) in [6.45, 7) is 0. The van der Waals surface area contributed by atoms with Crippen LogP contribution in [0, 0.1) is 11.3 Å². The molecule has 0 fully saturated rings. The quantitative estimate of drug-likeness (QED) is 0.779. The molecule has 2 rings (SSSR count). The zero-order chi connectivity index (χ0) is 10.7. The largest absolute Gasteiger partial charge is 0.448 e. The molecule has 0 radical (unpaired) electrons. The van der Waals surface area contributed by atoms with E-state index in [-0.39, 0.29) is 0 Å². The molecular formula is C9H5BrN4O. The minimum Gasteiger partial charge on any atom is -0.448 e. The molecule has 0 aliphatic rings. The van der Waals surface area contributed by atoms with Gasteiger partial charge < -0.3 is 4.42 Å². The molecule has 0 N–H and O–H groups in total. The van der Waals surface area contributed by atoms with E-state index in [4.69, 9.17) is 9.68 Å². The molecule has 0 unspecified atom stereocenters. The molecule has 0 aromatic carbocycles. The average molecular weight is 265 g/mol. The van der Waals surface area contributed by atoms with Gasteiger partial charge in [-0.25, -0.2) is 9.67 Å². The lowest BCUT2D eigenvalue weighted by atomic mass is 10.3. The molecule has 0 amide bonds. The molecule has 0 saturated heterocycles. The lowest BCUT2D eigenvalue weighted by Gasteiger charge is -2.00. The van der Waals surface area contributed by atoms with E-state index in [9.17, 15) is 0 Å². The van der Waals surface area contributed by atoms with Gasteiger partial charge in [0, 0.05) is 6.08 Å². The van der Waals surface area contributed by atoms with Gasteiger partial charge in [0.15, 0.2) is 10.4 Å². The Morgan fingerprint density at radius 2 is 2.47 bits per heavy atom. The van der Waals surface area contributed by atoms with Crippen molar-refractivity contribution >= 4 is 21.6 Å². The molecule has 0 spiro atoms. The third-order valence-electron chi connectivity index (χ3n) is 1.69. The Bertz CT molecular complexity index is 521. The third-order valence-corrected chi connectivity index (χ3v) is 2.12. The van der Waals surface area contributed by atoms with Crippen molar-refractivity contribution in [1.82, 2.24) is 14.8 Å². The third kappa shape index (κ3) is 1.97. The standard InChI is InChI=1S/C9H5BrN4O/c10-9-2-1-8(15-9)7(3-4-11)14-6-12-5-13-14/h1-3,5-6H. The van der Waals surface area contributed by atoms with Gasteiger partial charge in [-0.3, -0.25) is 0 Å². The summed E-state index contributed by atoms with van der Waals surface area (Å²) in [6, 6.07) is 5.43. The molecular weight excluding hydrogens is 260 g/mol. The van der Waals surface area contributed by atoms with Gasteiger partial charge in [0.1, 0.15) is 18.4 Å². The van der Waals surface area contributed by atoms with E-state index in [1.54, 1.807) is 12.1 Å². The number of nitriles is 1. The molecule has 0 bridgehead atoms. The zero-order valence-corrected chi connectivity index (χ0v) is 9.05. The highest BCUT2D eigenvalue weighted by molar-refractivity contribution is 9.10. The van der Waals surface area contributed by atoms with E-state index in [0.29, 0.717) is 16.1 Å². The van der Waals surface area contributed by atoms with Crippen LogP contribution in [0.15, 0.2) is 40.0 Å². The van der Waals surface area contributed by atoms with E-state index in [2.05, 4.69) is 26.0 Å². The maximum absolute atomic E-state index is 8.66. The normalized spacial score (nSPS) is 11.3. The number of furan rings is 1. The van der Waals surface area contributed by atoms with Crippen LogP contribution in [0.2, 0.25) is 0 Å². The summed E-state index contributed by atoms with van der Waals surface area (Å²) >= 11 is 3.19. The van der Waals surface area contributed by atoms with Gasteiger partial charge in [-0.15, -0.1) is 0 Å². The van der Waals surface area contributed by atoms with E-state index in [0.717, 1.165) is 0 Å². The summed E-state index contributed by atoms with van der Waals surface area (Å²) in [5.41, 5.74) is 0.542. The topological polar surface area (TPSA) is 67.6 Å². The summed E-state index contributed by atoms with van der Waals surface area (Å²) < 4.78 is 7.40. The van der Waals surface area contributed by atoms with Gasteiger partial charge in [-0.05, 0) is 28.1 Å². The molecule has 2 aromatic rings. The van der Waals surface area contributed by atoms with Crippen molar-refractivity contribution in [1.29, 1.82) is 5.26 Å². The number of hydrogen-bond donors (Lipinski definition) is 0. The van der Waals surface area contributed by atoms with Gasteiger partial charge in [-0.1, -0.05) is 0 Å². The molecule has 6 heteroatoms. The predicted molar refractivity (Wildman–Crippen MR) is 55.4 cm³/mol. The summed E-state index contributed by atoms with van der Waals surface area (Å²) in [4.78, 5) is 3.81. The fourth-order valence-electron chi connectivity index (χ4n) is 1.10. The maximum atomic E-state index is 8.66. The Kier molecular flexibility index (Phi) is 2.65. The number of aromatic nitrogens is 3. The monoisotopic (exact) mass is 264 g/mol. The predicted octanol–water partition coefficient (Wildman–Crippen LogP) is 2.05. The number of nitrogens with zero attached hydrogens (tertiary/aromatic N) is 4. The van der Waals surface area contributed by atoms with Crippen molar-refractivity contribution in [2.24, 2.45) is 0 Å². The average Bonchev–Trinajstić information content (AvgIpc) is 2.85. The fraction of sp³-hybridized carbons (Fsp3) is 0. The smallest absolute Gasteiger partial charge is 0.169 e. The van der Waals surface area contributed by atoms with Crippen LogP contribution < -0.4 is 0 Å². The molecule has 74 valence electrons. The molecule has 15 heavy (non-hydrogen) atoms. The second-order valence-corrected chi connectivity index (χ2v) is 3.38. The van der Waals surface area contributed by atoms with Crippen LogP contribution >= 0.6 is 15.9 Å². The van der Waals surface area contributed by atoms with E-state index in [1.165, 1.54) is 23.4 Å². The second kappa shape index (κ2) is 4.11. The highest BCUT2D eigenvalue weighted by Crippen LogP contribution is 2.21. The van der Waals surface area contributed by atoms with Crippen LogP contribution in [0.4, 0.5) is 0 Å². The van der Waals surface area contributed by atoms with Crippen molar-refractivity contribution in [3.8, 4) is 6.07 Å². The Hall–Kier alpha value is -1.87. The van der Waals surface area contributed by atoms with Crippen LogP contribution in [-0.2, 0) is 0 Å². The van der Waals surface area contributed by atoms with Crippen LogP contribution in [0.1, 0.15) is 5.76 Å². The Balaban J connectivity index is 2.47. The molecule has 0 aliphatic carbocycles. The molecule has 2 aromatic heterocycles. The Morgan fingerprint density at radius 3 is 3.00 bits per heavy atom. The van der Waals surface area contributed by atoms with Gasteiger partial charge in [0.05, 0.1) is 6.07 Å². The SMILES string of the molecule is N#CC=C(c1ccc(Br)o1)n1cncn1. The van der Waals surface area contributed by atoms with Gasteiger partial charge >= 0.3 is 0 Å². The highest BCUT2D eigenvalue weighted by atomic mass is 79.9. The minimum absolute atomic E-state index is 0.542. The molecule has 0 saturated carbocycles. The Labute approximate surface area is 93.8 Å². The minimum atomic E-state index is 0.542. The number of rotatable bonds is 2. The van der Waals surface area contributed by atoms with Gasteiger partial charge in [0.2, 0.25) is 0 Å². The molecule has 2 heterocycles. The number of halogens is 1. The lowest BCUT2D eigenvalue weighted by molar-refractivity contribution is 0.522. The first-order valence-electron chi connectivity index (χ1n) is 4.02. The summed E-state index contributed by atoms with van der Waals surface area (Å²) in [5, 5.41) is 12.6. The highest BCUT2D eigenvalue weighted by Gasteiger charge is 2.09. The van der Waals surface area contributed by atoms with E-state index >= 15 is 0 Å². The molecule has 0 atom stereocenters. The number of allylic oxidation sites excluding steroid dienone is 1. The first-order chi connectivity index (χ1) is 7.31. The van der Waals surface area contributed by atoms with Crippen molar-refractivity contribution in [2.75, 3.05) is 0 Å². The van der Waals surface area contributed by atoms with E-state index < -0.39 is 0 Å². The van der Waals surface area contributed by atoms with Crippen LogP contribution in [0.25, 0.3) is 5.70 Å². The maximum Gasteiger partial charge on any atom is 0.169 e. The fourth-order valence-corrected chi connectivity index (χ4v) is 1.40. The summed E-state index contributed by atoms with van der Waals surface area (Å²) in [7, 11) is 0. The zero-order valence-electron chi connectivity index (χ0n) is 7.46. The van der Waals surface area contributed by atoms with Gasteiger partial charge in [0.25, 0.3) is 0 Å². The van der Waals surface area contributed by atoms with Crippen molar-refractivity contribution in [3.05, 3.63) is 41.3 Å². The summed E-state index contributed by atoms with van der Waals surface area (Å²) in [6.07, 6.45) is 4.24. The lowest BCUT2D eigenvalue weighted by Crippen LogP contribution is -1.97. The molecule has 0 aliphatic heterocycles. The van der Waals surface area contributed by atoms with E-state index in [1.807, 2.05) is 6.07 Å². The van der Waals surface area contributed by atoms with Crippen LogP contribution in [0.3, 0.4) is 0 Å². The Morgan fingerprint density at radius 1 is 1.60 bits per heavy atom. The van der Waals surface area contributed by atoms with Crippen LogP contribution in [0.5, 0.6) is 0 Å². The number of hydrogen-bond acceptors (Lipinski definition) is 4. The van der Waals surface area contributed by atoms with Crippen LogP contribution in [-0.4, -0.2) is 14.8 Å². The second-order valence-electron chi connectivity index (χ2n) is 2.60. The van der Waals surface area contributed by atoms with Gasteiger partial charge in [-0.2, -0.15) is 10.4 Å².